The standard InChI is InChI=1S/C12H16O2/c1-10(9-13)3-4-11-5-7-12(14-2)8-6-11/h3,5-8,13H,4,9H2,1-2H3. The van der Waals surface area contributed by atoms with Crippen molar-refractivity contribution in [3.05, 3.63) is 41.5 Å². The van der Waals surface area contributed by atoms with Gasteiger partial charge in [-0.15, -0.1) is 0 Å². The van der Waals surface area contributed by atoms with Crippen LogP contribution in [0.4, 0.5) is 0 Å². The summed E-state index contributed by atoms with van der Waals surface area (Å²) in [5.74, 6) is 0.872. The molecule has 2 nitrogen and oxygen atoms in total. The van der Waals surface area contributed by atoms with Crippen LogP contribution in [-0.4, -0.2) is 18.8 Å². The minimum Gasteiger partial charge on any atom is -0.497 e. The van der Waals surface area contributed by atoms with E-state index in [-0.39, 0.29) is 6.61 Å². The minimum absolute atomic E-state index is 0.135. The van der Waals surface area contributed by atoms with E-state index < -0.39 is 0 Å². The van der Waals surface area contributed by atoms with Crippen molar-refractivity contribution in [2.45, 2.75) is 13.3 Å². The Balaban J connectivity index is 2.60. The maximum atomic E-state index is 8.81. The van der Waals surface area contributed by atoms with Crippen molar-refractivity contribution >= 4 is 0 Å². The third-order valence-corrected chi connectivity index (χ3v) is 2.09. The minimum atomic E-state index is 0.135. The van der Waals surface area contributed by atoms with Crippen molar-refractivity contribution < 1.29 is 9.84 Å². The lowest BCUT2D eigenvalue weighted by atomic mass is 10.1. The van der Waals surface area contributed by atoms with Crippen LogP contribution < -0.4 is 4.74 Å². The molecule has 0 saturated heterocycles. The van der Waals surface area contributed by atoms with Crippen molar-refractivity contribution in [2.24, 2.45) is 0 Å². The highest BCUT2D eigenvalue weighted by Gasteiger charge is 1.92. The van der Waals surface area contributed by atoms with Gasteiger partial charge in [-0.3, -0.25) is 0 Å². The van der Waals surface area contributed by atoms with Crippen LogP contribution in [0.15, 0.2) is 35.9 Å². The second-order valence-electron chi connectivity index (χ2n) is 3.26. The summed E-state index contributed by atoms with van der Waals surface area (Å²) in [5.41, 5.74) is 2.22. The van der Waals surface area contributed by atoms with Gasteiger partial charge in [0.25, 0.3) is 0 Å². The highest BCUT2D eigenvalue weighted by atomic mass is 16.5. The summed E-state index contributed by atoms with van der Waals surface area (Å²) in [4.78, 5) is 0. The Hall–Kier alpha value is -1.28. The second-order valence-corrected chi connectivity index (χ2v) is 3.26. The molecule has 0 radical (unpaired) electrons. The number of rotatable bonds is 4. The van der Waals surface area contributed by atoms with Gasteiger partial charge in [-0.2, -0.15) is 0 Å². The van der Waals surface area contributed by atoms with E-state index in [1.807, 2.05) is 37.3 Å². The van der Waals surface area contributed by atoms with E-state index >= 15 is 0 Å². The third kappa shape index (κ3) is 3.23. The zero-order valence-electron chi connectivity index (χ0n) is 8.66. The number of aliphatic hydroxyl groups is 1. The molecule has 0 aromatic heterocycles. The van der Waals surface area contributed by atoms with Crippen LogP contribution in [0, 0.1) is 0 Å². The smallest absolute Gasteiger partial charge is 0.118 e. The Morgan fingerprint density at radius 1 is 1.36 bits per heavy atom. The molecule has 0 spiro atoms. The second kappa shape index (κ2) is 5.45. The molecule has 1 rings (SSSR count). The van der Waals surface area contributed by atoms with Crippen molar-refractivity contribution in [3.8, 4) is 5.75 Å². The lowest BCUT2D eigenvalue weighted by Gasteiger charge is -2.01. The lowest BCUT2D eigenvalue weighted by Crippen LogP contribution is -1.88. The van der Waals surface area contributed by atoms with Crippen LogP contribution in [-0.2, 0) is 6.42 Å². The molecule has 0 fully saturated rings. The van der Waals surface area contributed by atoms with Crippen LogP contribution in [0.5, 0.6) is 5.75 Å². The topological polar surface area (TPSA) is 29.5 Å². The van der Waals surface area contributed by atoms with Crippen molar-refractivity contribution in [1.29, 1.82) is 0 Å². The first kappa shape index (κ1) is 10.8. The maximum Gasteiger partial charge on any atom is 0.118 e. The molecule has 76 valence electrons. The molecule has 0 saturated carbocycles. The van der Waals surface area contributed by atoms with E-state index in [1.54, 1.807) is 7.11 Å². The summed E-state index contributed by atoms with van der Waals surface area (Å²) in [7, 11) is 1.66. The molecule has 0 heterocycles. The first-order chi connectivity index (χ1) is 6.76. The number of hydrogen-bond donors (Lipinski definition) is 1. The average molecular weight is 192 g/mol. The summed E-state index contributed by atoms with van der Waals surface area (Å²) < 4.78 is 5.06. The molecule has 0 aliphatic carbocycles. The molecule has 0 bridgehead atoms. The van der Waals surface area contributed by atoms with Gasteiger partial charge < -0.3 is 9.84 Å². The van der Waals surface area contributed by atoms with E-state index in [2.05, 4.69) is 0 Å². The van der Waals surface area contributed by atoms with Crippen LogP contribution in [0.25, 0.3) is 0 Å². The highest BCUT2D eigenvalue weighted by molar-refractivity contribution is 5.28. The van der Waals surface area contributed by atoms with Crippen molar-refractivity contribution in [3.63, 3.8) is 0 Å². The van der Waals surface area contributed by atoms with Gasteiger partial charge >= 0.3 is 0 Å². The molecule has 0 amide bonds. The van der Waals surface area contributed by atoms with Crippen LogP contribution >= 0.6 is 0 Å². The Morgan fingerprint density at radius 3 is 2.50 bits per heavy atom. The van der Waals surface area contributed by atoms with Crippen molar-refractivity contribution in [2.75, 3.05) is 13.7 Å². The molecule has 1 N–H and O–H groups in total. The van der Waals surface area contributed by atoms with E-state index in [0.29, 0.717) is 0 Å². The van der Waals surface area contributed by atoms with E-state index in [9.17, 15) is 0 Å². The van der Waals surface area contributed by atoms with Gasteiger partial charge in [0, 0.05) is 0 Å². The Bertz CT molecular complexity index is 299. The molecule has 1 aromatic rings. The summed E-state index contributed by atoms with van der Waals surface area (Å²) in [5, 5.41) is 8.81. The van der Waals surface area contributed by atoms with Crippen LogP contribution in [0.1, 0.15) is 12.5 Å². The molecule has 1 aromatic carbocycles. The number of aliphatic hydroxyl groups excluding tert-OH is 1. The third-order valence-electron chi connectivity index (χ3n) is 2.09. The average Bonchev–Trinajstić information content (AvgIpc) is 2.26. The largest absolute Gasteiger partial charge is 0.497 e. The van der Waals surface area contributed by atoms with E-state index in [1.165, 1.54) is 5.56 Å². The Kier molecular flexibility index (Phi) is 4.20. The van der Waals surface area contributed by atoms with Crippen molar-refractivity contribution in [1.82, 2.24) is 0 Å². The SMILES string of the molecule is COc1ccc(CC=C(C)CO)cc1. The number of allylic oxidation sites excluding steroid dienone is 1. The Labute approximate surface area is 84.8 Å². The fourth-order valence-corrected chi connectivity index (χ4v) is 1.12. The fourth-order valence-electron chi connectivity index (χ4n) is 1.12. The predicted molar refractivity (Wildman–Crippen MR) is 57.5 cm³/mol. The molecule has 0 aliphatic rings. The van der Waals surface area contributed by atoms with Gasteiger partial charge in [-0.1, -0.05) is 23.8 Å². The lowest BCUT2D eigenvalue weighted by molar-refractivity contribution is 0.331. The monoisotopic (exact) mass is 192 g/mol. The van der Waals surface area contributed by atoms with Gasteiger partial charge in [0.05, 0.1) is 13.7 Å². The summed E-state index contributed by atoms with van der Waals surface area (Å²) in [6, 6.07) is 7.94. The van der Waals surface area contributed by atoms with Crippen LogP contribution in [0.2, 0.25) is 0 Å². The predicted octanol–water partition coefficient (Wildman–Crippen LogP) is 2.18. The Morgan fingerprint density at radius 2 is 2.00 bits per heavy atom. The maximum absolute atomic E-state index is 8.81. The quantitative estimate of drug-likeness (QED) is 0.741. The van der Waals surface area contributed by atoms with Gasteiger partial charge in [0.1, 0.15) is 5.75 Å². The summed E-state index contributed by atoms with van der Waals surface area (Å²) >= 11 is 0. The van der Waals surface area contributed by atoms with E-state index in [0.717, 1.165) is 17.7 Å². The molecule has 0 unspecified atom stereocenters. The fraction of sp³-hybridized carbons (Fsp3) is 0.333. The molecule has 0 atom stereocenters. The number of hydrogen-bond acceptors (Lipinski definition) is 2. The van der Waals surface area contributed by atoms with Gasteiger partial charge in [-0.05, 0) is 31.0 Å². The van der Waals surface area contributed by atoms with Gasteiger partial charge in [-0.25, -0.2) is 0 Å². The normalized spacial score (nSPS) is 11.5. The first-order valence-electron chi connectivity index (χ1n) is 4.65. The zero-order valence-corrected chi connectivity index (χ0v) is 8.66. The first-order valence-corrected chi connectivity index (χ1v) is 4.65. The molecular weight excluding hydrogens is 176 g/mol. The molecule has 14 heavy (non-hydrogen) atoms. The molecular formula is C12H16O2. The zero-order chi connectivity index (χ0) is 10.4. The highest BCUT2D eigenvalue weighted by Crippen LogP contribution is 2.12. The number of methoxy groups -OCH3 is 1. The van der Waals surface area contributed by atoms with Gasteiger partial charge in [0.15, 0.2) is 0 Å². The summed E-state index contributed by atoms with van der Waals surface area (Å²) in [6.07, 6.45) is 2.89. The molecule has 0 aliphatic heterocycles. The molecule has 2 heteroatoms. The number of ether oxygens (including phenoxy) is 1. The van der Waals surface area contributed by atoms with Crippen LogP contribution in [0.3, 0.4) is 0 Å². The summed E-state index contributed by atoms with van der Waals surface area (Å²) in [6.45, 7) is 2.06. The van der Waals surface area contributed by atoms with Gasteiger partial charge in [0.2, 0.25) is 0 Å². The number of benzene rings is 1. The van der Waals surface area contributed by atoms with E-state index in [4.69, 9.17) is 9.84 Å².